The molecule has 0 bridgehead atoms. The van der Waals surface area contributed by atoms with E-state index in [-0.39, 0.29) is 91.6 Å². The van der Waals surface area contributed by atoms with E-state index in [4.69, 9.17) is 97.1 Å². The molecule has 32 N–H and O–H groups in total. The number of aliphatic hydroxyl groups is 7. The van der Waals surface area contributed by atoms with Crippen LogP contribution in [0.2, 0.25) is 0 Å². The Labute approximate surface area is 729 Å². The summed E-state index contributed by atoms with van der Waals surface area (Å²) < 4.78 is 14.9. The van der Waals surface area contributed by atoms with Gasteiger partial charge in [-0.25, -0.2) is 0 Å². The van der Waals surface area contributed by atoms with E-state index in [9.17, 15) is 48.9 Å². The number of nitrogens with zero attached hydrogens (tertiary/aromatic N) is 7. The minimum atomic E-state index is -1.49. The molecule has 0 saturated heterocycles. The van der Waals surface area contributed by atoms with Gasteiger partial charge in [0.25, 0.3) is 41.4 Å². The van der Waals surface area contributed by atoms with Crippen LogP contribution in [0.4, 0.5) is 85.3 Å². The van der Waals surface area contributed by atoms with E-state index in [1.54, 1.807) is 174 Å². The van der Waals surface area contributed by atoms with Gasteiger partial charge in [-0.1, -0.05) is 6.07 Å². The van der Waals surface area contributed by atoms with Gasteiger partial charge in [0.2, 0.25) is 0 Å². The first kappa shape index (κ1) is 108. The van der Waals surface area contributed by atoms with Crippen molar-refractivity contribution in [3.63, 3.8) is 0 Å². The van der Waals surface area contributed by atoms with Gasteiger partial charge < -0.3 is 168 Å². The molecule has 8 aromatic rings. The normalized spacial score (nSPS) is 10.9. The molecular formula is C86H129N21O18. The number of hydrogen-bond donors (Lipinski definition) is 22. The molecule has 125 heavy (non-hydrogen) atoms. The van der Waals surface area contributed by atoms with Gasteiger partial charge in [0.05, 0.1) is 104 Å². The Morgan fingerprint density at radius 2 is 0.832 bits per heavy atom. The minimum absolute atomic E-state index is 0.0540. The van der Waals surface area contributed by atoms with Crippen molar-refractivity contribution in [3.8, 4) is 5.75 Å². The summed E-state index contributed by atoms with van der Waals surface area (Å²) in [7, 11) is 22.9. The number of ether oxygens (including phenoxy) is 3. The van der Waals surface area contributed by atoms with Crippen LogP contribution in [-0.2, 0) is 14.2 Å². The summed E-state index contributed by atoms with van der Waals surface area (Å²) in [6, 6.07) is 41.3. The Bertz CT molecular complexity index is 4710. The van der Waals surface area contributed by atoms with E-state index in [1.165, 1.54) is 47.2 Å². The summed E-state index contributed by atoms with van der Waals surface area (Å²) in [4.78, 5) is 96.0. The number of anilines is 15. The van der Waals surface area contributed by atoms with E-state index < -0.39 is 49.4 Å². The number of benzene rings is 8. The number of carbonyl (C=O) groups is 7. The number of amides is 7. The van der Waals surface area contributed by atoms with E-state index in [0.29, 0.717) is 118 Å². The first-order chi connectivity index (χ1) is 59.0. The highest BCUT2D eigenvalue weighted by Gasteiger charge is 2.31. The zero-order chi connectivity index (χ0) is 94.5. The summed E-state index contributed by atoms with van der Waals surface area (Å²) in [5.41, 5.74) is 66.0. The first-order valence-corrected chi connectivity index (χ1v) is 38.9. The third kappa shape index (κ3) is 36.3. The predicted molar refractivity (Wildman–Crippen MR) is 496 cm³/mol. The van der Waals surface area contributed by atoms with Crippen molar-refractivity contribution in [2.75, 3.05) is 266 Å². The van der Waals surface area contributed by atoms with Crippen LogP contribution in [0.5, 0.6) is 5.75 Å². The Balaban J connectivity index is 0.000000495. The second-order valence-corrected chi connectivity index (χ2v) is 28.9. The number of phenolic OH excluding ortho intramolecular Hbond substituents is 1. The number of carbonyl (C=O) groups excluding carboxylic acids is 7. The van der Waals surface area contributed by atoms with Gasteiger partial charge >= 0.3 is 0 Å². The lowest BCUT2D eigenvalue weighted by Crippen LogP contribution is -2.57. The molecule has 2 unspecified atom stereocenters. The maximum atomic E-state index is 12.8. The number of hydrogen-bond acceptors (Lipinski definition) is 32. The third-order valence-electron chi connectivity index (χ3n) is 17.7. The largest absolute Gasteiger partial charge is 0.508 e. The smallest absolute Gasteiger partial charge is 0.257 e. The van der Waals surface area contributed by atoms with Crippen molar-refractivity contribution in [3.05, 3.63) is 191 Å². The Morgan fingerprint density at radius 3 is 1.25 bits per heavy atom. The van der Waals surface area contributed by atoms with Crippen LogP contribution in [0, 0.1) is 0 Å². The maximum absolute atomic E-state index is 12.8. The van der Waals surface area contributed by atoms with Crippen molar-refractivity contribution in [1.82, 2.24) is 25.3 Å². The van der Waals surface area contributed by atoms with Crippen LogP contribution in [0.25, 0.3) is 0 Å². The number of nitrogen functional groups attached to an aromatic ring is 9. The fourth-order valence-corrected chi connectivity index (χ4v) is 11.2. The van der Waals surface area contributed by atoms with Gasteiger partial charge in [-0.15, -0.1) is 0 Å². The van der Waals surface area contributed by atoms with E-state index in [1.807, 2.05) is 63.1 Å². The topological polar surface area (TPSA) is 640 Å². The Hall–Kier alpha value is -13.4. The fourth-order valence-electron chi connectivity index (χ4n) is 11.2. The molecule has 0 spiro atoms. The molecule has 8 rings (SSSR count). The number of rotatable bonds is 33. The van der Waals surface area contributed by atoms with Gasteiger partial charge in [0.1, 0.15) is 11.3 Å². The number of aromatic hydroxyl groups is 1. The highest BCUT2D eigenvalue weighted by Crippen LogP contribution is 2.29. The molecule has 686 valence electrons. The van der Waals surface area contributed by atoms with Crippen molar-refractivity contribution in [1.29, 1.82) is 0 Å². The molecule has 0 aliphatic rings. The zero-order valence-electron chi connectivity index (χ0n) is 73.6. The van der Waals surface area contributed by atoms with Crippen LogP contribution in [0.1, 0.15) is 79.4 Å². The second-order valence-electron chi connectivity index (χ2n) is 28.9. The molecule has 0 saturated carbocycles. The van der Waals surface area contributed by atoms with E-state index in [0.717, 1.165) is 22.7 Å². The predicted octanol–water partition coefficient (Wildman–Crippen LogP) is 2.21. The molecule has 0 heterocycles. The lowest BCUT2D eigenvalue weighted by atomic mass is 10.0. The van der Waals surface area contributed by atoms with Crippen molar-refractivity contribution < 1.29 is 88.6 Å². The summed E-state index contributed by atoms with van der Waals surface area (Å²) >= 11 is 0. The number of phenols is 1. The van der Waals surface area contributed by atoms with E-state index in [2.05, 4.69) is 21.3 Å². The highest BCUT2D eigenvalue weighted by molar-refractivity contribution is 6.09. The molecule has 8 aromatic carbocycles. The molecule has 7 amide bonds. The van der Waals surface area contributed by atoms with Gasteiger partial charge in [-0.2, -0.15) is 0 Å². The minimum Gasteiger partial charge on any atom is -0.508 e. The number of likely N-dealkylation sites (N-methyl/N-ethyl adjacent to an activating group) is 1. The summed E-state index contributed by atoms with van der Waals surface area (Å²) in [6.07, 6.45) is -1.21. The van der Waals surface area contributed by atoms with Crippen molar-refractivity contribution in [2.45, 2.75) is 24.7 Å². The summed E-state index contributed by atoms with van der Waals surface area (Å²) in [6.45, 7) is 2.54. The van der Waals surface area contributed by atoms with Crippen molar-refractivity contribution in [2.24, 2.45) is 5.73 Å². The third-order valence-corrected chi connectivity index (χ3v) is 17.7. The van der Waals surface area contributed by atoms with Gasteiger partial charge in [-0.05, 0) is 146 Å². The van der Waals surface area contributed by atoms with Gasteiger partial charge in [0, 0.05) is 222 Å². The maximum Gasteiger partial charge on any atom is 0.257 e. The summed E-state index contributed by atoms with van der Waals surface area (Å²) in [5, 5.41) is 83.9. The number of primary amides is 1. The van der Waals surface area contributed by atoms with Crippen LogP contribution in [0.15, 0.2) is 152 Å². The van der Waals surface area contributed by atoms with Crippen LogP contribution in [0.3, 0.4) is 0 Å². The second kappa shape index (κ2) is 54.9. The number of methoxy groups -OCH3 is 3. The number of aliphatic hydroxyl groups excluding tert-OH is 7. The summed E-state index contributed by atoms with van der Waals surface area (Å²) in [5.74, 6) is -2.07. The monoisotopic (exact) mass is 1740 g/mol. The first-order valence-electron chi connectivity index (χ1n) is 38.9. The molecule has 0 aromatic heterocycles. The SMILES string of the molecule is CC(O)CN(C)c1ccc(N)cc1C(N)=O.CN(C)c1ccc(N)cc1C(=O)Nc1cccc(O)c1.CNc1ccc(N)cc1C(=O)N(C)C.COCC(O)CNC(=O)c1cc(N)ccc1N(C)C.COCCN(CCOC)C(=O)c1cc(N)ccc1N(C)C.Nc1ccc(N)c(C(=O)N(CCO)CCO)c1.Nc1ccc(N)c(C(=O)NC(CO)(CO)CO)c1. The molecule has 39 nitrogen and oxygen atoms in total. The lowest BCUT2D eigenvalue weighted by molar-refractivity contribution is 0.0375. The molecule has 0 aliphatic carbocycles. The molecule has 0 fully saturated rings. The molecule has 0 radical (unpaired) electrons. The zero-order valence-corrected chi connectivity index (χ0v) is 73.6. The Kier molecular flexibility index (Phi) is 47.3. The molecule has 2 atom stereocenters. The fraction of sp³-hybridized carbons (Fsp3) is 0.360. The lowest BCUT2D eigenvalue weighted by Gasteiger charge is -2.28. The van der Waals surface area contributed by atoms with Crippen LogP contribution in [-0.4, -0.2) is 299 Å². The number of nitrogens with two attached hydrogens (primary N) is 10. The molecular weight excluding hydrogens is 1620 g/mol. The highest BCUT2D eigenvalue weighted by atomic mass is 16.5. The quantitative estimate of drug-likeness (QED) is 0.0262. The molecule has 39 heteroatoms. The standard InChI is InChI=1S/C15H25N3O3.C15H17N3O2.C13H21N3O3.C11H17N3O4.C11H17N3O3.C11H17N3O2.C10H15N3O/c1-17(2)14-6-5-12(16)11-13(14)15(19)18(7-9-20-3)8-10-21-4;1-18(2)14-7-6-10(16)8-13(14)15(20)17-11-4-3-5-12(19)9-11;1-16(2)12-5-4-9(14)6-11(12)13(18)15-7-10(17)8-19-3;12-7-1-2-9(13)8(3-7)10(18)14-11(4-15,5-16)6-17;12-8-1-2-10(13)9(7-8)11(17)14(3-5-15)4-6-16;1-7(15)6-14(2)10-4-3-8(12)5-9(10)11(13)16;1-12-9-5-4-7(11)6-8(9)10(14)13(2)3/h5-6,11H,7-10,16H2,1-4H3;3-9,19H,16H2,1-2H3,(H,17,20);4-6,10,17H,7-8,14H2,1-3H3,(H,15,18);1-3,15-17H,4-6,12-13H2,(H,14,18);1-2,7,15-16H,3-6,12-13H2;3-5,7,15H,6,12H2,1-2H3,(H2,13,16);4-6,12H,11H2,1-3H3. The van der Waals surface area contributed by atoms with Crippen molar-refractivity contribution >= 4 is 127 Å². The average Bonchev–Trinajstić information content (AvgIpc) is 0.796. The number of nitrogens with one attached hydrogen (secondary N) is 4. The van der Waals surface area contributed by atoms with Gasteiger partial charge in [-0.3, -0.25) is 33.6 Å². The Morgan fingerprint density at radius 1 is 0.440 bits per heavy atom. The van der Waals surface area contributed by atoms with Crippen LogP contribution < -0.4 is 98.2 Å². The molecule has 0 aliphatic heterocycles. The van der Waals surface area contributed by atoms with Gasteiger partial charge in [0.15, 0.2) is 0 Å². The average molecular weight is 1750 g/mol. The van der Waals surface area contributed by atoms with E-state index >= 15 is 0 Å². The van der Waals surface area contributed by atoms with Crippen LogP contribution >= 0.6 is 0 Å².